The Hall–Kier alpha value is -1.18. The maximum atomic E-state index is 5.91. The first-order valence-electron chi connectivity index (χ1n) is 5.94. The zero-order chi connectivity index (χ0) is 10.7. The molecule has 0 unspecified atom stereocenters. The van der Waals surface area contributed by atoms with Crippen LogP contribution in [0.25, 0.3) is 0 Å². The van der Waals surface area contributed by atoms with Crippen molar-refractivity contribution in [1.82, 2.24) is 0 Å². The summed E-state index contributed by atoms with van der Waals surface area (Å²) in [6.45, 7) is 4.56. The molecule has 0 saturated carbocycles. The van der Waals surface area contributed by atoms with Crippen molar-refractivity contribution in [2.45, 2.75) is 32.6 Å². The highest BCUT2D eigenvalue weighted by Gasteiger charge is 2.11. The van der Waals surface area contributed by atoms with Crippen molar-refractivity contribution in [2.75, 3.05) is 23.7 Å². The number of nitrogens with two attached hydrogens (primary N) is 1. The van der Waals surface area contributed by atoms with Gasteiger partial charge in [0.2, 0.25) is 0 Å². The molecule has 0 bridgehead atoms. The summed E-state index contributed by atoms with van der Waals surface area (Å²) < 4.78 is 0. The minimum atomic E-state index is 0.929. The van der Waals surface area contributed by atoms with Gasteiger partial charge in [-0.1, -0.05) is 6.92 Å². The third kappa shape index (κ3) is 2.25. The highest BCUT2D eigenvalue weighted by atomic mass is 15.1. The van der Waals surface area contributed by atoms with E-state index in [1.54, 1.807) is 0 Å². The SMILES string of the molecule is CCc1cc(N2CCCCC2)ccc1N. The summed E-state index contributed by atoms with van der Waals surface area (Å²) in [7, 11) is 0. The summed E-state index contributed by atoms with van der Waals surface area (Å²) >= 11 is 0. The Balaban J connectivity index is 2.20. The van der Waals surface area contributed by atoms with E-state index in [2.05, 4.69) is 24.0 Å². The molecule has 1 aliphatic heterocycles. The third-order valence-electron chi connectivity index (χ3n) is 3.23. The highest BCUT2D eigenvalue weighted by Crippen LogP contribution is 2.24. The Kier molecular flexibility index (Phi) is 3.14. The molecule has 0 amide bonds. The van der Waals surface area contributed by atoms with Crippen LogP contribution in [0.15, 0.2) is 18.2 Å². The number of benzene rings is 1. The molecule has 1 aromatic carbocycles. The summed E-state index contributed by atoms with van der Waals surface area (Å²) in [5.41, 5.74) is 9.46. The van der Waals surface area contributed by atoms with Gasteiger partial charge >= 0.3 is 0 Å². The second kappa shape index (κ2) is 4.56. The van der Waals surface area contributed by atoms with Gasteiger partial charge in [-0.15, -0.1) is 0 Å². The predicted molar refractivity (Wildman–Crippen MR) is 66.3 cm³/mol. The molecular formula is C13H20N2. The van der Waals surface area contributed by atoms with Crippen LogP contribution in [0.4, 0.5) is 11.4 Å². The Morgan fingerprint density at radius 1 is 1.20 bits per heavy atom. The average Bonchev–Trinajstić information content (AvgIpc) is 2.31. The second-order valence-electron chi connectivity index (χ2n) is 4.28. The number of anilines is 2. The van der Waals surface area contributed by atoms with Gasteiger partial charge in [0, 0.05) is 24.5 Å². The second-order valence-corrected chi connectivity index (χ2v) is 4.28. The first-order valence-corrected chi connectivity index (χ1v) is 5.94. The Bertz CT molecular complexity index is 327. The first kappa shape index (κ1) is 10.3. The maximum absolute atomic E-state index is 5.91. The van der Waals surface area contributed by atoms with Crippen LogP contribution in [-0.4, -0.2) is 13.1 Å². The van der Waals surface area contributed by atoms with Crippen molar-refractivity contribution in [3.63, 3.8) is 0 Å². The lowest BCUT2D eigenvalue weighted by molar-refractivity contribution is 0.578. The summed E-state index contributed by atoms with van der Waals surface area (Å²) in [4.78, 5) is 2.47. The van der Waals surface area contributed by atoms with Gasteiger partial charge in [0.15, 0.2) is 0 Å². The number of hydrogen-bond acceptors (Lipinski definition) is 2. The standard InChI is InChI=1S/C13H20N2/c1-2-11-10-12(6-7-13(11)14)15-8-4-3-5-9-15/h6-7,10H,2-5,8-9,14H2,1H3. The third-order valence-corrected chi connectivity index (χ3v) is 3.23. The van der Waals surface area contributed by atoms with Crippen LogP contribution in [0.1, 0.15) is 31.7 Å². The van der Waals surface area contributed by atoms with E-state index in [1.807, 2.05) is 6.07 Å². The number of hydrogen-bond donors (Lipinski definition) is 1. The molecule has 82 valence electrons. The molecule has 0 radical (unpaired) electrons. The van der Waals surface area contributed by atoms with Gasteiger partial charge in [0.1, 0.15) is 0 Å². The van der Waals surface area contributed by atoms with E-state index in [4.69, 9.17) is 5.73 Å². The van der Waals surface area contributed by atoms with Crippen LogP contribution < -0.4 is 10.6 Å². The number of nitrogen functional groups attached to an aromatic ring is 1. The quantitative estimate of drug-likeness (QED) is 0.751. The van der Waals surface area contributed by atoms with Crippen molar-refractivity contribution >= 4 is 11.4 Å². The predicted octanol–water partition coefficient (Wildman–Crippen LogP) is 2.82. The zero-order valence-electron chi connectivity index (χ0n) is 9.50. The van der Waals surface area contributed by atoms with Crippen molar-refractivity contribution in [3.05, 3.63) is 23.8 Å². The highest BCUT2D eigenvalue weighted by molar-refractivity contribution is 5.58. The average molecular weight is 204 g/mol. The van der Waals surface area contributed by atoms with Crippen LogP contribution in [-0.2, 0) is 6.42 Å². The molecule has 2 rings (SSSR count). The molecule has 0 atom stereocenters. The molecule has 2 N–H and O–H groups in total. The van der Waals surface area contributed by atoms with Crippen molar-refractivity contribution in [1.29, 1.82) is 0 Å². The number of rotatable bonds is 2. The topological polar surface area (TPSA) is 29.3 Å². The van der Waals surface area contributed by atoms with E-state index in [1.165, 1.54) is 43.6 Å². The molecule has 1 fully saturated rings. The fraction of sp³-hybridized carbons (Fsp3) is 0.538. The van der Waals surface area contributed by atoms with Crippen molar-refractivity contribution < 1.29 is 0 Å². The van der Waals surface area contributed by atoms with Gasteiger partial charge in [-0.25, -0.2) is 0 Å². The van der Waals surface area contributed by atoms with Crippen molar-refractivity contribution in [2.24, 2.45) is 0 Å². The minimum absolute atomic E-state index is 0.929. The van der Waals surface area contributed by atoms with Crippen molar-refractivity contribution in [3.8, 4) is 0 Å². The van der Waals surface area contributed by atoms with Crippen LogP contribution >= 0.6 is 0 Å². The van der Waals surface area contributed by atoms with Crippen LogP contribution in [0.3, 0.4) is 0 Å². The Morgan fingerprint density at radius 2 is 1.93 bits per heavy atom. The van der Waals surface area contributed by atoms with Crippen LogP contribution in [0, 0.1) is 0 Å². The Morgan fingerprint density at radius 3 is 2.60 bits per heavy atom. The number of piperidine rings is 1. The summed E-state index contributed by atoms with van der Waals surface area (Å²) in [6, 6.07) is 6.45. The maximum Gasteiger partial charge on any atom is 0.0370 e. The molecule has 1 aliphatic rings. The van der Waals surface area contributed by atoms with E-state index in [-0.39, 0.29) is 0 Å². The fourth-order valence-electron chi connectivity index (χ4n) is 2.25. The first-order chi connectivity index (χ1) is 7.31. The number of aryl methyl sites for hydroxylation is 1. The normalized spacial score (nSPS) is 16.7. The van der Waals surface area contributed by atoms with Gasteiger partial charge in [-0.05, 0) is 49.4 Å². The van der Waals surface area contributed by atoms with E-state index >= 15 is 0 Å². The smallest absolute Gasteiger partial charge is 0.0370 e. The zero-order valence-corrected chi connectivity index (χ0v) is 9.50. The fourth-order valence-corrected chi connectivity index (χ4v) is 2.25. The molecule has 15 heavy (non-hydrogen) atoms. The van der Waals surface area contributed by atoms with Gasteiger partial charge in [0.05, 0.1) is 0 Å². The molecule has 0 aromatic heterocycles. The molecule has 2 nitrogen and oxygen atoms in total. The summed E-state index contributed by atoms with van der Waals surface area (Å²) in [5, 5.41) is 0. The van der Waals surface area contributed by atoms with Gasteiger partial charge in [-0.2, -0.15) is 0 Å². The lowest BCUT2D eigenvalue weighted by atomic mass is 10.1. The summed E-state index contributed by atoms with van der Waals surface area (Å²) in [6.07, 6.45) is 5.05. The molecule has 1 saturated heterocycles. The van der Waals surface area contributed by atoms with Crippen LogP contribution in [0.5, 0.6) is 0 Å². The lowest BCUT2D eigenvalue weighted by Gasteiger charge is -2.29. The molecule has 1 heterocycles. The monoisotopic (exact) mass is 204 g/mol. The van der Waals surface area contributed by atoms with E-state index in [9.17, 15) is 0 Å². The largest absolute Gasteiger partial charge is 0.399 e. The molecule has 0 aliphatic carbocycles. The van der Waals surface area contributed by atoms with Crippen LogP contribution in [0.2, 0.25) is 0 Å². The Labute approximate surface area is 92.1 Å². The number of nitrogens with zero attached hydrogens (tertiary/aromatic N) is 1. The van der Waals surface area contributed by atoms with Gasteiger partial charge < -0.3 is 10.6 Å². The molecule has 1 aromatic rings. The van der Waals surface area contributed by atoms with E-state index in [0.29, 0.717) is 0 Å². The molecule has 2 heteroatoms. The lowest BCUT2D eigenvalue weighted by Crippen LogP contribution is -2.29. The van der Waals surface area contributed by atoms with Gasteiger partial charge in [-0.3, -0.25) is 0 Å². The minimum Gasteiger partial charge on any atom is -0.399 e. The van der Waals surface area contributed by atoms with E-state index < -0.39 is 0 Å². The molecule has 0 spiro atoms. The van der Waals surface area contributed by atoms with E-state index in [0.717, 1.165) is 12.1 Å². The molecular weight excluding hydrogens is 184 g/mol. The van der Waals surface area contributed by atoms with Gasteiger partial charge in [0.25, 0.3) is 0 Å². The summed E-state index contributed by atoms with van der Waals surface area (Å²) in [5.74, 6) is 0.